The summed E-state index contributed by atoms with van der Waals surface area (Å²) in [7, 11) is 0. The summed E-state index contributed by atoms with van der Waals surface area (Å²) < 4.78 is 6.15. The maximum atomic E-state index is 6.15. The number of thiol groups is 1. The molecule has 0 atom stereocenters. The third kappa shape index (κ3) is 3.02. The molecular weight excluding hydrogens is 288 g/mol. The van der Waals surface area contributed by atoms with Crippen LogP contribution in [0, 0.1) is 13.8 Å². The van der Waals surface area contributed by atoms with Crippen molar-refractivity contribution < 1.29 is 4.74 Å². The lowest BCUT2D eigenvalue weighted by Gasteiger charge is -2.13. The van der Waals surface area contributed by atoms with Gasteiger partial charge in [-0.25, -0.2) is 0 Å². The van der Waals surface area contributed by atoms with Crippen LogP contribution in [0.4, 0.5) is 0 Å². The molecule has 0 fully saturated rings. The van der Waals surface area contributed by atoms with Gasteiger partial charge in [0.05, 0.1) is 0 Å². The molecule has 0 heterocycles. The highest BCUT2D eigenvalue weighted by Gasteiger charge is 2.08. The van der Waals surface area contributed by atoms with Crippen LogP contribution in [-0.2, 0) is 0 Å². The quantitative estimate of drug-likeness (QED) is 0.579. The van der Waals surface area contributed by atoms with Gasteiger partial charge in [0.1, 0.15) is 11.5 Å². The molecule has 3 aromatic rings. The van der Waals surface area contributed by atoms with Crippen LogP contribution in [0.15, 0.2) is 71.6 Å². The largest absolute Gasteiger partial charge is 0.457 e. The van der Waals surface area contributed by atoms with E-state index in [0.717, 1.165) is 38.6 Å². The van der Waals surface area contributed by atoms with Crippen LogP contribution >= 0.6 is 12.6 Å². The van der Waals surface area contributed by atoms with Crippen LogP contribution in [0.1, 0.15) is 11.1 Å². The van der Waals surface area contributed by atoms with E-state index >= 15 is 0 Å². The highest BCUT2D eigenvalue weighted by Crippen LogP contribution is 2.34. The SMILES string of the molecule is Cc1cc(Oc2ccccc2-c2ccccc2)cc(C)c1S. The fourth-order valence-electron chi connectivity index (χ4n) is 2.51. The Kier molecular flexibility index (Phi) is 4.21. The molecular formula is C20H18OS. The Labute approximate surface area is 137 Å². The summed E-state index contributed by atoms with van der Waals surface area (Å²) in [5, 5.41) is 0. The molecule has 110 valence electrons. The van der Waals surface area contributed by atoms with Gasteiger partial charge in [-0.1, -0.05) is 48.5 Å². The third-order valence-corrected chi connectivity index (χ3v) is 4.37. The fourth-order valence-corrected chi connectivity index (χ4v) is 2.64. The average Bonchev–Trinajstić information content (AvgIpc) is 2.54. The zero-order chi connectivity index (χ0) is 15.5. The molecule has 0 saturated heterocycles. The molecule has 0 spiro atoms. The molecule has 3 rings (SSSR count). The molecule has 0 unspecified atom stereocenters. The van der Waals surface area contributed by atoms with E-state index in [9.17, 15) is 0 Å². The molecule has 0 N–H and O–H groups in total. The Morgan fingerprint density at radius 3 is 2.05 bits per heavy atom. The molecule has 1 nitrogen and oxygen atoms in total. The molecule has 2 heteroatoms. The zero-order valence-corrected chi connectivity index (χ0v) is 13.6. The average molecular weight is 306 g/mol. The van der Waals surface area contributed by atoms with Gasteiger partial charge in [0.15, 0.2) is 0 Å². The number of hydrogen-bond acceptors (Lipinski definition) is 2. The fraction of sp³-hybridized carbons (Fsp3) is 0.100. The van der Waals surface area contributed by atoms with Crippen molar-refractivity contribution in [2.45, 2.75) is 18.7 Å². The van der Waals surface area contributed by atoms with E-state index in [1.54, 1.807) is 0 Å². The summed E-state index contributed by atoms with van der Waals surface area (Å²) in [4.78, 5) is 1.02. The van der Waals surface area contributed by atoms with Crippen molar-refractivity contribution >= 4 is 12.6 Å². The lowest BCUT2D eigenvalue weighted by atomic mass is 10.0. The van der Waals surface area contributed by atoms with Crippen LogP contribution < -0.4 is 4.74 Å². The smallest absolute Gasteiger partial charge is 0.135 e. The second kappa shape index (κ2) is 6.29. The Bertz CT molecular complexity index is 771. The number of benzene rings is 3. The van der Waals surface area contributed by atoms with Gasteiger partial charge in [0.25, 0.3) is 0 Å². The molecule has 0 aliphatic rings. The minimum Gasteiger partial charge on any atom is -0.457 e. The maximum Gasteiger partial charge on any atom is 0.135 e. The zero-order valence-electron chi connectivity index (χ0n) is 12.7. The lowest BCUT2D eigenvalue weighted by molar-refractivity contribution is 0.483. The van der Waals surface area contributed by atoms with Gasteiger partial charge < -0.3 is 4.74 Å². The van der Waals surface area contributed by atoms with Crippen molar-refractivity contribution in [3.05, 3.63) is 77.9 Å². The summed E-state index contributed by atoms with van der Waals surface area (Å²) in [5.41, 5.74) is 4.48. The molecule has 0 saturated carbocycles. The Morgan fingerprint density at radius 1 is 0.773 bits per heavy atom. The van der Waals surface area contributed by atoms with E-state index < -0.39 is 0 Å². The first-order valence-electron chi connectivity index (χ1n) is 7.27. The minimum absolute atomic E-state index is 0.844. The van der Waals surface area contributed by atoms with E-state index in [-0.39, 0.29) is 0 Å². The second-order valence-corrected chi connectivity index (χ2v) is 5.82. The molecule has 0 aromatic heterocycles. The summed E-state index contributed by atoms with van der Waals surface area (Å²) in [6, 6.07) is 22.4. The van der Waals surface area contributed by atoms with Crippen molar-refractivity contribution in [1.29, 1.82) is 0 Å². The number of para-hydroxylation sites is 1. The van der Waals surface area contributed by atoms with Crippen LogP contribution in [-0.4, -0.2) is 0 Å². The summed E-state index contributed by atoms with van der Waals surface area (Å²) in [5.74, 6) is 1.70. The predicted octanol–water partition coefficient (Wildman–Crippen LogP) is 6.05. The maximum absolute atomic E-state index is 6.15. The van der Waals surface area contributed by atoms with Gasteiger partial charge in [-0.15, -0.1) is 12.6 Å². The van der Waals surface area contributed by atoms with Crippen molar-refractivity contribution in [3.63, 3.8) is 0 Å². The van der Waals surface area contributed by atoms with Crippen molar-refractivity contribution in [2.24, 2.45) is 0 Å². The molecule has 0 radical (unpaired) electrons. The molecule has 0 aliphatic carbocycles. The van der Waals surface area contributed by atoms with E-state index in [2.05, 4.69) is 30.8 Å². The normalized spacial score (nSPS) is 10.5. The second-order valence-electron chi connectivity index (χ2n) is 5.37. The standard InChI is InChI=1S/C20H18OS/c1-14-12-17(13-15(2)20(14)22)21-19-11-7-6-10-18(19)16-8-4-3-5-9-16/h3-13,22H,1-2H3. The van der Waals surface area contributed by atoms with Crippen LogP contribution in [0.5, 0.6) is 11.5 Å². The number of rotatable bonds is 3. The van der Waals surface area contributed by atoms with Crippen molar-refractivity contribution in [2.75, 3.05) is 0 Å². The van der Waals surface area contributed by atoms with E-state index in [0.29, 0.717) is 0 Å². The van der Waals surface area contributed by atoms with E-state index in [4.69, 9.17) is 4.74 Å². The van der Waals surface area contributed by atoms with Gasteiger partial charge >= 0.3 is 0 Å². The first-order chi connectivity index (χ1) is 10.6. The Morgan fingerprint density at radius 2 is 1.36 bits per heavy atom. The van der Waals surface area contributed by atoms with Crippen LogP contribution in [0.25, 0.3) is 11.1 Å². The van der Waals surface area contributed by atoms with E-state index in [1.165, 1.54) is 0 Å². The topological polar surface area (TPSA) is 9.23 Å². The molecule has 0 amide bonds. The van der Waals surface area contributed by atoms with Gasteiger partial charge in [-0.2, -0.15) is 0 Å². The number of hydrogen-bond donors (Lipinski definition) is 1. The monoisotopic (exact) mass is 306 g/mol. The van der Waals surface area contributed by atoms with Gasteiger partial charge in [-0.05, 0) is 48.7 Å². The van der Waals surface area contributed by atoms with Gasteiger partial charge in [-0.3, -0.25) is 0 Å². The molecule has 3 aromatic carbocycles. The van der Waals surface area contributed by atoms with E-state index in [1.807, 2.05) is 62.4 Å². The first kappa shape index (κ1) is 14.7. The molecule has 0 bridgehead atoms. The van der Waals surface area contributed by atoms with Gasteiger partial charge in [0, 0.05) is 10.5 Å². The third-order valence-electron chi connectivity index (χ3n) is 3.66. The molecule has 22 heavy (non-hydrogen) atoms. The van der Waals surface area contributed by atoms with Crippen LogP contribution in [0.2, 0.25) is 0 Å². The lowest BCUT2D eigenvalue weighted by Crippen LogP contribution is -1.91. The molecule has 0 aliphatic heterocycles. The van der Waals surface area contributed by atoms with Crippen LogP contribution in [0.3, 0.4) is 0 Å². The number of ether oxygens (including phenoxy) is 1. The number of aryl methyl sites for hydroxylation is 2. The first-order valence-corrected chi connectivity index (χ1v) is 7.72. The minimum atomic E-state index is 0.844. The summed E-state index contributed by atoms with van der Waals surface area (Å²) in [6.07, 6.45) is 0. The highest BCUT2D eigenvalue weighted by atomic mass is 32.1. The summed E-state index contributed by atoms with van der Waals surface area (Å²) in [6.45, 7) is 4.09. The van der Waals surface area contributed by atoms with Crippen molar-refractivity contribution in [1.82, 2.24) is 0 Å². The Balaban J connectivity index is 2.00. The van der Waals surface area contributed by atoms with Gasteiger partial charge in [0.2, 0.25) is 0 Å². The Hall–Kier alpha value is -2.19. The van der Waals surface area contributed by atoms with Crippen molar-refractivity contribution in [3.8, 4) is 22.6 Å². The summed E-state index contributed by atoms with van der Waals surface area (Å²) >= 11 is 4.51. The highest BCUT2D eigenvalue weighted by molar-refractivity contribution is 7.80. The predicted molar refractivity (Wildman–Crippen MR) is 95.1 cm³/mol.